The van der Waals surface area contributed by atoms with Gasteiger partial charge >= 0.3 is 0 Å². The number of ether oxygens (including phenoxy) is 1. The molecule has 3 fully saturated rings. The number of rotatable bonds is 2. The zero-order valence-corrected chi connectivity index (χ0v) is 13.4. The van der Waals surface area contributed by atoms with E-state index in [1.807, 2.05) is 19.1 Å². The summed E-state index contributed by atoms with van der Waals surface area (Å²) in [6.45, 7) is 5.31. The van der Waals surface area contributed by atoms with Crippen molar-refractivity contribution in [2.75, 3.05) is 37.7 Å². The molecule has 7 heteroatoms. The first kappa shape index (κ1) is 14.8. The normalized spacial score (nSPS) is 30.6. The Bertz CT molecular complexity index is 587. The summed E-state index contributed by atoms with van der Waals surface area (Å²) in [6, 6.07) is 3.93. The topological polar surface area (TPSA) is 67.8 Å². The van der Waals surface area contributed by atoms with Crippen molar-refractivity contribution in [3.63, 3.8) is 0 Å². The molecule has 4 heterocycles. The first-order valence-electron chi connectivity index (χ1n) is 8.31. The van der Waals surface area contributed by atoms with Gasteiger partial charge in [-0.2, -0.15) is 5.10 Å². The molecule has 124 valence electrons. The average molecular weight is 318 g/mol. The number of carbonyl (C=O) groups excluding carboxylic acids is 1. The van der Waals surface area contributed by atoms with Gasteiger partial charge in [-0.05, 0) is 38.3 Å². The van der Waals surface area contributed by atoms with Gasteiger partial charge in [0.15, 0.2) is 5.82 Å². The fourth-order valence-corrected chi connectivity index (χ4v) is 3.86. The quantitative estimate of drug-likeness (QED) is 0.808. The van der Waals surface area contributed by atoms with E-state index in [2.05, 4.69) is 15.1 Å². The molecule has 0 saturated carbocycles. The van der Waals surface area contributed by atoms with Crippen molar-refractivity contribution in [1.82, 2.24) is 15.3 Å². The van der Waals surface area contributed by atoms with Crippen LogP contribution in [0.25, 0.3) is 0 Å². The Morgan fingerprint density at radius 1 is 1.30 bits per heavy atom. The molecule has 4 rings (SSSR count). The third-order valence-corrected chi connectivity index (χ3v) is 5.13. The van der Waals surface area contributed by atoms with Crippen molar-refractivity contribution in [3.05, 3.63) is 17.8 Å². The van der Waals surface area contributed by atoms with Crippen LogP contribution in [0.2, 0.25) is 0 Å². The molecule has 0 radical (unpaired) electrons. The summed E-state index contributed by atoms with van der Waals surface area (Å²) in [4.78, 5) is 20.8. The molecular weight excluding hydrogens is 296 g/mol. The van der Waals surface area contributed by atoms with Crippen molar-refractivity contribution in [2.24, 2.45) is 5.41 Å². The number of carbonyl (C=O) groups is 1. The Kier molecular flexibility index (Phi) is 3.69. The van der Waals surface area contributed by atoms with Crippen molar-refractivity contribution in [3.8, 4) is 0 Å². The maximum Gasteiger partial charge on any atom is 0.256 e. The minimum absolute atomic E-state index is 0.0196. The predicted molar refractivity (Wildman–Crippen MR) is 82.7 cm³/mol. The van der Waals surface area contributed by atoms with Gasteiger partial charge in [0.1, 0.15) is 0 Å². The van der Waals surface area contributed by atoms with Gasteiger partial charge in [-0.1, -0.05) is 0 Å². The van der Waals surface area contributed by atoms with E-state index in [9.17, 15) is 4.79 Å². The van der Waals surface area contributed by atoms with Crippen LogP contribution >= 0.6 is 0 Å². The molecule has 2 atom stereocenters. The van der Waals surface area contributed by atoms with Gasteiger partial charge in [-0.15, -0.1) is 5.10 Å². The number of hydrogen-bond donors (Lipinski definition) is 0. The zero-order valence-electron chi connectivity index (χ0n) is 13.4. The van der Waals surface area contributed by atoms with E-state index in [0.717, 1.165) is 37.3 Å². The Balaban J connectivity index is 1.60. The summed E-state index contributed by atoms with van der Waals surface area (Å²) in [5, 5.41) is 9.97. The molecule has 23 heavy (non-hydrogen) atoms. The maximum atomic E-state index is 13.1. The highest BCUT2D eigenvalue weighted by Gasteiger charge is 2.55. The van der Waals surface area contributed by atoms with Crippen LogP contribution in [-0.4, -0.2) is 60.1 Å². The fourth-order valence-electron chi connectivity index (χ4n) is 3.86. The molecule has 0 aliphatic carbocycles. The Morgan fingerprint density at radius 3 is 2.96 bits per heavy atom. The molecule has 0 unspecified atom stereocenters. The van der Waals surface area contributed by atoms with E-state index in [1.54, 1.807) is 5.06 Å². The highest BCUT2D eigenvalue weighted by atomic mass is 16.7. The van der Waals surface area contributed by atoms with E-state index >= 15 is 0 Å². The molecule has 7 nitrogen and oxygen atoms in total. The minimum atomic E-state index is -0.519. The highest BCUT2D eigenvalue weighted by Crippen LogP contribution is 2.43. The van der Waals surface area contributed by atoms with Gasteiger partial charge in [0.05, 0.1) is 30.4 Å². The Hall–Kier alpha value is -1.73. The molecular formula is C16H22N4O3. The van der Waals surface area contributed by atoms with Crippen molar-refractivity contribution in [1.29, 1.82) is 0 Å². The lowest BCUT2D eigenvalue weighted by molar-refractivity contribution is -0.184. The zero-order chi connectivity index (χ0) is 15.9. The van der Waals surface area contributed by atoms with Crippen LogP contribution in [0.4, 0.5) is 5.82 Å². The highest BCUT2D eigenvalue weighted by molar-refractivity contribution is 5.84. The van der Waals surface area contributed by atoms with Crippen LogP contribution in [0, 0.1) is 12.3 Å². The largest absolute Gasteiger partial charge is 0.377 e. The molecule has 0 N–H and O–H groups in total. The number of piperidine rings is 1. The van der Waals surface area contributed by atoms with Crippen LogP contribution in [-0.2, 0) is 14.4 Å². The number of amides is 1. The fraction of sp³-hybridized carbons (Fsp3) is 0.688. The van der Waals surface area contributed by atoms with E-state index in [4.69, 9.17) is 9.57 Å². The molecule has 1 amide bonds. The number of anilines is 1. The van der Waals surface area contributed by atoms with Gasteiger partial charge in [-0.25, -0.2) is 5.06 Å². The molecule has 1 aromatic heterocycles. The molecule has 1 aromatic rings. The third-order valence-electron chi connectivity index (χ3n) is 5.13. The second-order valence-electron chi connectivity index (χ2n) is 6.60. The van der Waals surface area contributed by atoms with Crippen LogP contribution in [0.1, 0.15) is 25.0 Å². The Labute approximate surface area is 135 Å². The van der Waals surface area contributed by atoms with Gasteiger partial charge in [0.2, 0.25) is 0 Å². The van der Waals surface area contributed by atoms with Crippen LogP contribution in [0.5, 0.6) is 0 Å². The predicted octanol–water partition coefficient (Wildman–Crippen LogP) is 0.934. The number of fused-ring (bicyclic) bond motifs is 1. The molecule has 0 aromatic carbocycles. The number of aromatic nitrogens is 2. The van der Waals surface area contributed by atoms with E-state index in [0.29, 0.717) is 26.3 Å². The summed E-state index contributed by atoms with van der Waals surface area (Å²) >= 11 is 0. The lowest BCUT2D eigenvalue weighted by Crippen LogP contribution is -2.57. The number of hydrogen-bond acceptors (Lipinski definition) is 6. The summed E-state index contributed by atoms with van der Waals surface area (Å²) in [7, 11) is 0. The first-order chi connectivity index (χ1) is 11.2. The van der Waals surface area contributed by atoms with Crippen LogP contribution in [0.15, 0.2) is 12.1 Å². The second kappa shape index (κ2) is 5.72. The second-order valence-corrected chi connectivity index (χ2v) is 6.60. The van der Waals surface area contributed by atoms with E-state index in [1.165, 1.54) is 0 Å². The van der Waals surface area contributed by atoms with Crippen molar-refractivity contribution < 1.29 is 14.4 Å². The SMILES string of the molecule is Cc1ccc(N2CC[C@H]3OCC[C@@]3(C(=O)N3CCCO3)C2)nn1. The van der Waals surface area contributed by atoms with Gasteiger partial charge in [0.25, 0.3) is 5.91 Å². The molecule has 0 spiro atoms. The molecule has 3 aliphatic rings. The summed E-state index contributed by atoms with van der Waals surface area (Å²) < 4.78 is 5.88. The van der Waals surface area contributed by atoms with Crippen molar-refractivity contribution >= 4 is 11.7 Å². The maximum absolute atomic E-state index is 13.1. The van der Waals surface area contributed by atoms with Gasteiger partial charge in [0, 0.05) is 19.7 Å². The lowest BCUT2D eigenvalue weighted by atomic mass is 9.75. The summed E-state index contributed by atoms with van der Waals surface area (Å²) in [6.07, 6.45) is 2.45. The third kappa shape index (κ3) is 2.48. The van der Waals surface area contributed by atoms with Crippen LogP contribution in [0.3, 0.4) is 0 Å². The first-order valence-corrected chi connectivity index (χ1v) is 8.31. The summed E-state index contributed by atoms with van der Waals surface area (Å²) in [5.41, 5.74) is 0.374. The smallest absolute Gasteiger partial charge is 0.256 e. The molecule has 3 aliphatic heterocycles. The van der Waals surface area contributed by atoms with E-state index < -0.39 is 5.41 Å². The van der Waals surface area contributed by atoms with Crippen LogP contribution < -0.4 is 4.90 Å². The minimum Gasteiger partial charge on any atom is -0.377 e. The van der Waals surface area contributed by atoms with Gasteiger partial charge in [-0.3, -0.25) is 9.63 Å². The Morgan fingerprint density at radius 2 is 2.22 bits per heavy atom. The number of nitrogens with zero attached hydrogens (tertiary/aromatic N) is 4. The van der Waals surface area contributed by atoms with Crippen molar-refractivity contribution in [2.45, 2.75) is 32.3 Å². The lowest BCUT2D eigenvalue weighted by Gasteiger charge is -2.43. The molecule has 3 saturated heterocycles. The molecule has 0 bridgehead atoms. The van der Waals surface area contributed by atoms with E-state index in [-0.39, 0.29) is 12.0 Å². The average Bonchev–Trinajstić information content (AvgIpc) is 3.24. The standard InChI is InChI=1S/C16H22N4O3/c1-12-3-4-14(18-17-12)19-8-5-13-16(11-19,6-10-22-13)15(21)20-7-2-9-23-20/h3-4,13H,2,5-11H2,1H3/t13-,16-/m1/s1. The summed E-state index contributed by atoms with van der Waals surface area (Å²) in [5.74, 6) is 0.901. The van der Waals surface area contributed by atoms with Gasteiger partial charge < -0.3 is 9.64 Å². The number of hydroxylamine groups is 2. The monoisotopic (exact) mass is 318 g/mol. The number of aryl methyl sites for hydroxylation is 1.